The van der Waals surface area contributed by atoms with Crippen LogP contribution in [0, 0.1) is 0 Å². The molecule has 0 aliphatic carbocycles. The first-order chi connectivity index (χ1) is 13.7. The van der Waals surface area contributed by atoms with Crippen LogP contribution in [-0.4, -0.2) is 22.9 Å². The Hall–Kier alpha value is -2.58. The summed E-state index contributed by atoms with van der Waals surface area (Å²) in [5.74, 6) is -2.33. The molecule has 1 aromatic heterocycles. The number of carboxylic acid groups (broad SMARTS) is 1. The summed E-state index contributed by atoms with van der Waals surface area (Å²) >= 11 is 18.5. The summed E-state index contributed by atoms with van der Waals surface area (Å²) in [6, 6.07) is 12.1. The van der Waals surface area contributed by atoms with Gasteiger partial charge in [-0.25, -0.2) is 4.79 Å². The van der Waals surface area contributed by atoms with E-state index < -0.39 is 17.8 Å². The maximum atomic E-state index is 12.7. The largest absolute Gasteiger partial charge is 0.477 e. The summed E-state index contributed by atoms with van der Waals surface area (Å²) in [7, 11) is 0. The maximum Gasteiger partial charge on any atom is 0.345 e. The molecular weight excluding hydrogens is 459 g/mol. The SMILES string of the molecule is O=C(O)c1cc(Cl)c(C(=O)Nc2cc(Cl)ccc2C(=O)Nc2ccc(Cl)cc2)s1. The minimum absolute atomic E-state index is 0.000839. The van der Waals surface area contributed by atoms with Crippen molar-refractivity contribution in [1.29, 1.82) is 0 Å². The number of amides is 2. The number of aromatic carboxylic acids is 1. The Bertz CT molecular complexity index is 1110. The molecule has 3 N–H and O–H groups in total. The smallest absolute Gasteiger partial charge is 0.345 e. The van der Waals surface area contributed by atoms with Gasteiger partial charge in [-0.2, -0.15) is 0 Å². The minimum atomic E-state index is -1.19. The van der Waals surface area contributed by atoms with Crippen LogP contribution in [-0.2, 0) is 0 Å². The van der Waals surface area contributed by atoms with Gasteiger partial charge in [0.15, 0.2) is 0 Å². The predicted octanol–water partition coefficient (Wildman–Crippen LogP) is 5.91. The molecule has 29 heavy (non-hydrogen) atoms. The standard InChI is InChI=1S/C19H11Cl3N2O4S/c20-9-1-4-11(5-2-9)23-17(25)12-6-3-10(21)7-14(12)24-18(26)16-13(22)8-15(29-16)19(27)28/h1-8H,(H,23,25)(H,24,26)(H,27,28). The summed E-state index contributed by atoms with van der Waals surface area (Å²) in [5.41, 5.74) is 0.818. The molecule has 0 radical (unpaired) electrons. The van der Waals surface area contributed by atoms with E-state index in [0.29, 0.717) is 15.7 Å². The van der Waals surface area contributed by atoms with Gasteiger partial charge in [-0.3, -0.25) is 9.59 Å². The van der Waals surface area contributed by atoms with Crippen LogP contribution in [0.15, 0.2) is 48.5 Å². The zero-order valence-electron chi connectivity index (χ0n) is 14.3. The Balaban J connectivity index is 1.86. The van der Waals surface area contributed by atoms with Crippen molar-refractivity contribution in [2.75, 3.05) is 10.6 Å². The molecule has 10 heteroatoms. The highest BCUT2D eigenvalue weighted by atomic mass is 35.5. The number of carboxylic acids is 1. The van der Waals surface area contributed by atoms with Crippen molar-refractivity contribution in [3.63, 3.8) is 0 Å². The first kappa shape index (κ1) is 21.1. The van der Waals surface area contributed by atoms with Gasteiger partial charge in [0.2, 0.25) is 0 Å². The first-order valence-electron chi connectivity index (χ1n) is 7.95. The summed E-state index contributed by atoms with van der Waals surface area (Å²) in [5, 5.41) is 15.1. The minimum Gasteiger partial charge on any atom is -0.477 e. The molecule has 0 aliphatic rings. The monoisotopic (exact) mass is 468 g/mol. The number of thiophene rings is 1. The van der Waals surface area contributed by atoms with Crippen molar-refractivity contribution in [2.24, 2.45) is 0 Å². The number of halogens is 3. The number of hydrogen-bond acceptors (Lipinski definition) is 4. The molecule has 0 unspecified atom stereocenters. The third kappa shape index (κ3) is 5.07. The van der Waals surface area contributed by atoms with E-state index in [1.165, 1.54) is 24.3 Å². The highest BCUT2D eigenvalue weighted by Gasteiger charge is 2.21. The van der Waals surface area contributed by atoms with Gasteiger partial charge < -0.3 is 15.7 Å². The van der Waals surface area contributed by atoms with Crippen LogP contribution in [0.5, 0.6) is 0 Å². The second-order valence-electron chi connectivity index (χ2n) is 5.70. The molecular formula is C19H11Cl3N2O4S. The predicted molar refractivity (Wildman–Crippen MR) is 115 cm³/mol. The number of carbonyl (C=O) groups excluding carboxylic acids is 2. The van der Waals surface area contributed by atoms with Crippen LogP contribution in [0.4, 0.5) is 11.4 Å². The fourth-order valence-corrected chi connectivity index (χ4v) is 3.82. The Kier molecular flexibility index (Phi) is 6.44. The van der Waals surface area contributed by atoms with Crippen molar-refractivity contribution in [3.05, 3.63) is 78.9 Å². The molecule has 3 aromatic rings. The number of carbonyl (C=O) groups is 3. The molecule has 2 amide bonds. The number of anilines is 2. The van der Waals surface area contributed by atoms with Gasteiger partial charge in [0, 0.05) is 15.7 Å². The molecule has 0 saturated heterocycles. The van der Waals surface area contributed by atoms with Crippen molar-refractivity contribution < 1.29 is 19.5 Å². The Morgan fingerprint density at radius 3 is 2.10 bits per heavy atom. The molecule has 2 aromatic carbocycles. The number of nitrogens with one attached hydrogen (secondary N) is 2. The van der Waals surface area contributed by atoms with Gasteiger partial charge >= 0.3 is 5.97 Å². The third-order valence-electron chi connectivity index (χ3n) is 3.68. The fraction of sp³-hybridized carbons (Fsp3) is 0. The lowest BCUT2D eigenvalue weighted by Crippen LogP contribution is -2.18. The lowest BCUT2D eigenvalue weighted by atomic mass is 10.1. The molecule has 148 valence electrons. The zero-order valence-corrected chi connectivity index (χ0v) is 17.4. The third-order valence-corrected chi connectivity index (χ3v) is 5.70. The second-order valence-corrected chi connectivity index (χ2v) is 8.03. The van der Waals surface area contributed by atoms with Gasteiger partial charge in [0.25, 0.3) is 11.8 Å². The lowest BCUT2D eigenvalue weighted by Gasteiger charge is -2.12. The van der Waals surface area contributed by atoms with Gasteiger partial charge in [-0.15, -0.1) is 11.3 Å². The molecule has 6 nitrogen and oxygen atoms in total. The first-order valence-corrected chi connectivity index (χ1v) is 9.90. The molecule has 0 fully saturated rings. The average Bonchev–Trinajstić information content (AvgIpc) is 3.06. The fourth-order valence-electron chi connectivity index (χ4n) is 2.36. The van der Waals surface area contributed by atoms with Crippen molar-refractivity contribution in [2.45, 2.75) is 0 Å². The van der Waals surface area contributed by atoms with Crippen molar-refractivity contribution >= 4 is 75.3 Å². The summed E-state index contributed by atoms with van der Waals surface area (Å²) in [6.45, 7) is 0. The van der Waals surface area contributed by atoms with Crippen LogP contribution >= 0.6 is 46.1 Å². The zero-order chi connectivity index (χ0) is 21.1. The van der Waals surface area contributed by atoms with Gasteiger partial charge in [-0.1, -0.05) is 34.8 Å². The molecule has 0 saturated carbocycles. The van der Waals surface area contributed by atoms with Gasteiger partial charge in [0.05, 0.1) is 16.3 Å². The average molecular weight is 470 g/mol. The van der Waals surface area contributed by atoms with Crippen LogP contribution < -0.4 is 10.6 Å². The summed E-state index contributed by atoms with van der Waals surface area (Å²) in [4.78, 5) is 36.3. The van der Waals surface area contributed by atoms with E-state index in [1.807, 2.05) is 0 Å². The number of rotatable bonds is 5. The summed E-state index contributed by atoms with van der Waals surface area (Å²) < 4.78 is 0. The van der Waals surface area contributed by atoms with Gasteiger partial charge in [0.1, 0.15) is 9.75 Å². The highest BCUT2D eigenvalue weighted by molar-refractivity contribution is 7.16. The van der Waals surface area contributed by atoms with Crippen LogP contribution in [0.3, 0.4) is 0 Å². The molecule has 0 spiro atoms. The van der Waals surface area contributed by atoms with Crippen LogP contribution in [0.2, 0.25) is 15.1 Å². The van der Waals surface area contributed by atoms with Crippen LogP contribution in [0.25, 0.3) is 0 Å². The Morgan fingerprint density at radius 2 is 1.48 bits per heavy atom. The number of hydrogen-bond donors (Lipinski definition) is 3. The van der Waals surface area contributed by atoms with E-state index in [2.05, 4.69) is 10.6 Å². The van der Waals surface area contributed by atoms with Gasteiger partial charge in [-0.05, 0) is 48.5 Å². The van der Waals surface area contributed by atoms with E-state index in [4.69, 9.17) is 39.9 Å². The molecule has 3 rings (SSSR count). The van der Waals surface area contributed by atoms with Crippen molar-refractivity contribution in [3.8, 4) is 0 Å². The Morgan fingerprint density at radius 1 is 0.828 bits per heavy atom. The van der Waals surface area contributed by atoms with E-state index in [9.17, 15) is 14.4 Å². The Labute approximate surface area is 184 Å². The molecule has 1 heterocycles. The topological polar surface area (TPSA) is 95.5 Å². The molecule has 0 aliphatic heterocycles. The van der Waals surface area contributed by atoms with E-state index in [-0.39, 0.29) is 26.0 Å². The van der Waals surface area contributed by atoms with E-state index >= 15 is 0 Å². The van der Waals surface area contributed by atoms with Crippen LogP contribution in [0.1, 0.15) is 29.7 Å². The summed E-state index contributed by atoms with van der Waals surface area (Å²) in [6.07, 6.45) is 0. The lowest BCUT2D eigenvalue weighted by molar-refractivity contribution is 0.0701. The molecule has 0 bridgehead atoms. The van der Waals surface area contributed by atoms with Crippen molar-refractivity contribution in [1.82, 2.24) is 0 Å². The van der Waals surface area contributed by atoms with E-state index in [0.717, 1.165) is 11.3 Å². The quantitative estimate of drug-likeness (QED) is 0.433. The van der Waals surface area contributed by atoms with E-state index in [1.54, 1.807) is 24.3 Å². The molecule has 0 atom stereocenters. The maximum absolute atomic E-state index is 12.7. The normalized spacial score (nSPS) is 10.4. The number of benzene rings is 2. The highest BCUT2D eigenvalue weighted by Crippen LogP contribution is 2.29. The second kappa shape index (κ2) is 8.84.